The SMILES string of the molecule is C[N+](C)(C)CCOc1cccc2c1OCCO2. The molecule has 0 amide bonds. The summed E-state index contributed by atoms with van der Waals surface area (Å²) in [6.07, 6.45) is 0. The van der Waals surface area contributed by atoms with Gasteiger partial charge in [-0.3, -0.25) is 0 Å². The number of rotatable bonds is 4. The van der Waals surface area contributed by atoms with Gasteiger partial charge in [0.1, 0.15) is 26.4 Å². The maximum atomic E-state index is 5.76. The van der Waals surface area contributed by atoms with Gasteiger partial charge in [0, 0.05) is 0 Å². The summed E-state index contributed by atoms with van der Waals surface area (Å²) in [7, 11) is 6.43. The minimum Gasteiger partial charge on any atom is -0.486 e. The van der Waals surface area contributed by atoms with Crippen molar-refractivity contribution in [3.05, 3.63) is 18.2 Å². The van der Waals surface area contributed by atoms with Crippen molar-refractivity contribution in [1.82, 2.24) is 0 Å². The summed E-state index contributed by atoms with van der Waals surface area (Å²) >= 11 is 0. The Labute approximate surface area is 102 Å². The van der Waals surface area contributed by atoms with Gasteiger partial charge in [-0.05, 0) is 12.1 Å². The van der Waals surface area contributed by atoms with E-state index in [0.717, 1.165) is 28.3 Å². The molecule has 1 aromatic rings. The Morgan fingerprint density at radius 2 is 1.94 bits per heavy atom. The molecule has 1 aliphatic rings. The van der Waals surface area contributed by atoms with E-state index in [2.05, 4.69) is 21.1 Å². The van der Waals surface area contributed by atoms with Crippen LogP contribution in [0, 0.1) is 0 Å². The summed E-state index contributed by atoms with van der Waals surface area (Å²) in [6, 6.07) is 5.75. The summed E-state index contributed by atoms with van der Waals surface area (Å²) in [5.41, 5.74) is 0. The van der Waals surface area contributed by atoms with Crippen LogP contribution in [0.25, 0.3) is 0 Å². The van der Waals surface area contributed by atoms with Crippen molar-refractivity contribution in [2.75, 3.05) is 47.5 Å². The predicted molar refractivity (Wildman–Crippen MR) is 65.8 cm³/mol. The first-order chi connectivity index (χ1) is 8.06. The quantitative estimate of drug-likeness (QED) is 0.745. The molecule has 0 aliphatic carbocycles. The fourth-order valence-electron chi connectivity index (χ4n) is 1.59. The molecule has 0 unspecified atom stereocenters. The summed E-state index contributed by atoms with van der Waals surface area (Å²) < 4.78 is 17.7. The van der Waals surface area contributed by atoms with Crippen molar-refractivity contribution < 1.29 is 18.7 Å². The summed E-state index contributed by atoms with van der Waals surface area (Å²) in [5, 5.41) is 0. The lowest BCUT2D eigenvalue weighted by molar-refractivity contribution is -0.870. The van der Waals surface area contributed by atoms with E-state index in [0.29, 0.717) is 19.8 Å². The van der Waals surface area contributed by atoms with Gasteiger partial charge in [0.2, 0.25) is 5.75 Å². The summed E-state index contributed by atoms with van der Waals surface area (Å²) in [4.78, 5) is 0. The minimum absolute atomic E-state index is 0.586. The smallest absolute Gasteiger partial charge is 0.203 e. The van der Waals surface area contributed by atoms with E-state index in [1.54, 1.807) is 0 Å². The van der Waals surface area contributed by atoms with Crippen molar-refractivity contribution in [2.45, 2.75) is 0 Å². The third kappa shape index (κ3) is 3.27. The number of benzene rings is 1. The standard InChI is InChI=1S/C13H20NO3/c1-14(2,3)7-8-15-11-5-4-6-12-13(11)17-10-9-16-12/h4-6H,7-10H2,1-3H3/q+1. The lowest BCUT2D eigenvalue weighted by Crippen LogP contribution is -2.38. The zero-order valence-electron chi connectivity index (χ0n) is 10.7. The van der Waals surface area contributed by atoms with Crippen LogP contribution < -0.4 is 14.2 Å². The summed E-state index contributed by atoms with van der Waals surface area (Å²) in [5.74, 6) is 2.29. The average Bonchev–Trinajstić information content (AvgIpc) is 2.28. The van der Waals surface area contributed by atoms with E-state index in [1.807, 2.05) is 18.2 Å². The molecule has 2 rings (SSSR count). The Morgan fingerprint density at radius 1 is 1.18 bits per heavy atom. The second kappa shape index (κ2) is 4.84. The molecule has 94 valence electrons. The van der Waals surface area contributed by atoms with Crippen molar-refractivity contribution >= 4 is 0 Å². The van der Waals surface area contributed by atoms with Gasteiger partial charge in [-0.15, -0.1) is 0 Å². The molecule has 0 spiro atoms. The van der Waals surface area contributed by atoms with Crippen LogP contribution in [-0.2, 0) is 0 Å². The third-order valence-electron chi connectivity index (χ3n) is 2.55. The van der Waals surface area contributed by atoms with E-state index < -0.39 is 0 Å². The van der Waals surface area contributed by atoms with Gasteiger partial charge >= 0.3 is 0 Å². The molecule has 4 heteroatoms. The Bertz CT molecular complexity index is 385. The monoisotopic (exact) mass is 238 g/mol. The van der Waals surface area contributed by atoms with E-state index in [9.17, 15) is 0 Å². The van der Waals surface area contributed by atoms with E-state index in [-0.39, 0.29) is 0 Å². The molecule has 0 fully saturated rings. The summed E-state index contributed by atoms with van der Waals surface area (Å²) in [6.45, 7) is 2.81. The molecule has 0 radical (unpaired) electrons. The van der Waals surface area contributed by atoms with Crippen molar-refractivity contribution in [1.29, 1.82) is 0 Å². The Balaban J connectivity index is 2.01. The van der Waals surface area contributed by atoms with Crippen molar-refractivity contribution in [3.8, 4) is 17.2 Å². The second-order valence-corrected chi connectivity index (χ2v) is 5.14. The molecule has 0 saturated carbocycles. The van der Waals surface area contributed by atoms with Crippen LogP contribution in [0.2, 0.25) is 0 Å². The fourth-order valence-corrected chi connectivity index (χ4v) is 1.59. The van der Waals surface area contributed by atoms with E-state index in [4.69, 9.17) is 14.2 Å². The van der Waals surface area contributed by atoms with Crippen molar-refractivity contribution in [2.24, 2.45) is 0 Å². The molecule has 4 nitrogen and oxygen atoms in total. The first kappa shape index (κ1) is 12.0. The molecular weight excluding hydrogens is 218 g/mol. The zero-order valence-corrected chi connectivity index (χ0v) is 10.7. The average molecular weight is 238 g/mol. The van der Waals surface area contributed by atoms with Crippen molar-refractivity contribution in [3.63, 3.8) is 0 Å². The van der Waals surface area contributed by atoms with E-state index >= 15 is 0 Å². The number of nitrogens with zero attached hydrogens (tertiary/aromatic N) is 1. The molecule has 0 bridgehead atoms. The number of quaternary nitrogens is 1. The number of para-hydroxylation sites is 1. The number of ether oxygens (including phenoxy) is 3. The maximum Gasteiger partial charge on any atom is 0.203 e. The molecule has 1 aromatic carbocycles. The van der Waals surface area contributed by atoms with Gasteiger partial charge in [0.25, 0.3) is 0 Å². The Kier molecular flexibility index (Phi) is 3.43. The lowest BCUT2D eigenvalue weighted by Gasteiger charge is -2.25. The van der Waals surface area contributed by atoms with Gasteiger partial charge in [-0.1, -0.05) is 6.07 Å². The van der Waals surface area contributed by atoms with Crippen LogP contribution >= 0.6 is 0 Å². The molecule has 0 saturated heterocycles. The molecule has 0 atom stereocenters. The zero-order chi connectivity index (χ0) is 12.3. The highest BCUT2D eigenvalue weighted by atomic mass is 16.6. The van der Waals surface area contributed by atoms with Crippen LogP contribution in [0.15, 0.2) is 18.2 Å². The van der Waals surface area contributed by atoms with Crippen LogP contribution in [0.5, 0.6) is 17.2 Å². The van der Waals surface area contributed by atoms with Gasteiger partial charge in [-0.25, -0.2) is 0 Å². The van der Waals surface area contributed by atoms with Crippen LogP contribution in [0.3, 0.4) is 0 Å². The van der Waals surface area contributed by atoms with Gasteiger partial charge in [0.05, 0.1) is 21.1 Å². The minimum atomic E-state index is 0.586. The maximum absolute atomic E-state index is 5.76. The van der Waals surface area contributed by atoms with Crippen LogP contribution in [-0.4, -0.2) is 52.0 Å². The number of likely N-dealkylation sites (N-methyl/N-ethyl adjacent to an activating group) is 1. The number of fused-ring (bicyclic) bond motifs is 1. The van der Waals surface area contributed by atoms with Gasteiger partial charge in [0.15, 0.2) is 11.5 Å². The molecule has 1 aliphatic heterocycles. The fraction of sp³-hybridized carbons (Fsp3) is 0.538. The molecule has 0 aromatic heterocycles. The first-order valence-corrected chi connectivity index (χ1v) is 5.88. The van der Waals surface area contributed by atoms with Gasteiger partial charge < -0.3 is 18.7 Å². The highest BCUT2D eigenvalue weighted by Gasteiger charge is 2.17. The largest absolute Gasteiger partial charge is 0.486 e. The lowest BCUT2D eigenvalue weighted by atomic mass is 10.3. The number of hydrogen-bond acceptors (Lipinski definition) is 3. The first-order valence-electron chi connectivity index (χ1n) is 5.88. The third-order valence-corrected chi connectivity index (χ3v) is 2.55. The Hall–Kier alpha value is -1.42. The highest BCUT2D eigenvalue weighted by molar-refractivity contribution is 5.51. The topological polar surface area (TPSA) is 27.7 Å². The number of hydrogen-bond donors (Lipinski definition) is 0. The molecule has 17 heavy (non-hydrogen) atoms. The predicted octanol–water partition coefficient (Wildman–Crippen LogP) is 1.54. The second-order valence-electron chi connectivity index (χ2n) is 5.14. The highest BCUT2D eigenvalue weighted by Crippen LogP contribution is 2.38. The molecular formula is C13H20NO3+. The normalized spacial score (nSPS) is 14.5. The molecule has 1 heterocycles. The van der Waals surface area contributed by atoms with Gasteiger partial charge in [-0.2, -0.15) is 0 Å². The van der Waals surface area contributed by atoms with Crippen LogP contribution in [0.4, 0.5) is 0 Å². The molecule has 0 N–H and O–H groups in total. The Morgan fingerprint density at radius 3 is 2.71 bits per heavy atom. The van der Waals surface area contributed by atoms with E-state index in [1.165, 1.54) is 0 Å². The van der Waals surface area contributed by atoms with Crippen LogP contribution in [0.1, 0.15) is 0 Å².